The van der Waals surface area contributed by atoms with E-state index in [9.17, 15) is 14.9 Å². The van der Waals surface area contributed by atoms with E-state index in [2.05, 4.69) is 0 Å². The molecule has 0 amide bonds. The lowest BCUT2D eigenvalue weighted by atomic mass is 10.0. The molecule has 0 N–H and O–H groups in total. The van der Waals surface area contributed by atoms with Gasteiger partial charge in [-0.25, -0.2) is 4.79 Å². The summed E-state index contributed by atoms with van der Waals surface area (Å²) in [7, 11) is 1.50. The van der Waals surface area contributed by atoms with E-state index in [-0.39, 0.29) is 16.8 Å². The van der Waals surface area contributed by atoms with Gasteiger partial charge in [-0.3, -0.25) is 10.1 Å². The molecule has 7 heteroatoms. The summed E-state index contributed by atoms with van der Waals surface area (Å²) in [6, 6.07) is 13.0. The van der Waals surface area contributed by atoms with Gasteiger partial charge in [0.15, 0.2) is 0 Å². The number of nitro groups is 1. The van der Waals surface area contributed by atoms with Gasteiger partial charge in [0.1, 0.15) is 17.4 Å². The van der Waals surface area contributed by atoms with E-state index in [0.717, 1.165) is 0 Å². The van der Waals surface area contributed by atoms with Crippen LogP contribution in [0.5, 0.6) is 5.75 Å². The highest BCUT2D eigenvalue weighted by Crippen LogP contribution is 2.36. The third kappa shape index (κ3) is 2.46. The van der Waals surface area contributed by atoms with Gasteiger partial charge in [-0.2, -0.15) is 5.26 Å². The molecular formula is C17H10N2O5. The Morgan fingerprint density at radius 1 is 1.25 bits per heavy atom. The number of benzene rings is 2. The van der Waals surface area contributed by atoms with Crippen LogP contribution in [0.1, 0.15) is 5.56 Å². The van der Waals surface area contributed by atoms with Crippen LogP contribution in [0, 0.1) is 21.4 Å². The Bertz CT molecular complexity index is 1060. The van der Waals surface area contributed by atoms with E-state index in [0.29, 0.717) is 22.3 Å². The van der Waals surface area contributed by atoms with E-state index in [4.69, 9.17) is 14.4 Å². The summed E-state index contributed by atoms with van der Waals surface area (Å²) in [4.78, 5) is 22.4. The Balaban J connectivity index is 2.39. The summed E-state index contributed by atoms with van der Waals surface area (Å²) < 4.78 is 10.3. The van der Waals surface area contributed by atoms with Crippen LogP contribution in [0.4, 0.5) is 5.69 Å². The number of rotatable bonds is 3. The summed E-state index contributed by atoms with van der Waals surface area (Å²) in [6.07, 6.45) is 0. The van der Waals surface area contributed by atoms with Gasteiger partial charge in [0.25, 0.3) is 0 Å². The fraction of sp³-hybridized carbons (Fsp3) is 0.0588. The summed E-state index contributed by atoms with van der Waals surface area (Å²) in [5, 5.41) is 20.6. The lowest BCUT2D eigenvalue weighted by molar-refractivity contribution is -0.383. The molecule has 3 rings (SSSR count). The average Bonchev–Trinajstić information content (AvgIpc) is 2.60. The molecule has 2 aromatic carbocycles. The van der Waals surface area contributed by atoms with Gasteiger partial charge in [0.05, 0.1) is 12.0 Å². The fourth-order valence-corrected chi connectivity index (χ4v) is 2.47. The second-order valence-electron chi connectivity index (χ2n) is 4.93. The van der Waals surface area contributed by atoms with Crippen molar-refractivity contribution in [3.05, 3.63) is 68.6 Å². The maximum atomic E-state index is 11.7. The van der Waals surface area contributed by atoms with Crippen LogP contribution in [0.3, 0.4) is 0 Å². The maximum absolute atomic E-state index is 11.7. The Morgan fingerprint density at radius 2 is 2.00 bits per heavy atom. The van der Waals surface area contributed by atoms with Crippen LogP contribution in [0.15, 0.2) is 51.7 Å². The van der Waals surface area contributed by atoms with Gasteiger partial charge in [-0.05, 0) is 23.8 Å². The number of nitriles is 1. The molecule has 1 aromatic heterocycles. The van der Waals surface area contributed by atoms with Crippen molar-refractivity contribution in [2.75, 3.05) is 7.11 Å². The first-order valence-corrected chi connectivity index (χ1v) is 6.85. The summed E-state index contributed by atoms with van der Waals surface area (Å²) in [5.41, 5.74) is -0.469. The van der Waals surface area contributed by atoms with Gasteiger partial charge in [0.2, 0.25) is 5.58 Å². The van der Waals surface area contributed by atoms with Crippen molar-refractivity contribution in [3.63, 3.8) is 0 Å². The number of para-hydroxylation sites is 1. The molecule has 24 heavy (non-hydrogen) atoms. The second-order valence-corrected chi connectivity index (χ2v) is 4.93. The molecule has 0 fully saturated rings. The number of hydrogen-bond acceptors (Lipinski definition) is 6. The summed E-state index contributed by atoms with van der Waals surface area (Å²) in [6.45, 7) is 0. The van der Waals surface area contributed by atoms with Crippen molar-refractivity contribution < 1.29 is 14.1 Å². The van der Waals surface area contributed by atoms with Crippen molar-refractivity contribution in [3.8, 4) is 22.9 Å². The van der Waals surface area contributed by atoms with Gasteiger partial charge in [-0.1, -0.05) is 18.2 Å². The van der Waals surface area contributed by atoms with Crippen LogP contribution in [0.25, 0.3) is 22.1 Å². The zero-order valence-corrected chi connectivity index (χ0v) is 12.5. The molecule has 0 bridgehead atoms. The van der Waals surface area contributed by atoms with Crippen LogP contribution < -0.4 is 10.4 Å². The first kappa shape index (κ1) is 15.2. The van der Waals surface area contributed by atoms with Gasteiger partial charge in [0, 0.05) is 17.0 Å². The van der Waals surface area contributed by atoms with Crippen molar-refractivity contribution in [1.29, 1.82) is 5.26 Å². The minimum Gasteiger partial charge on any atom is -0.496 e. The normalized spacial score (nSPS) is 10.3. The highest BCUT2D eigenvalue weighted by molar-refractivity contribution is 5.92. The quantitative estimate of drug-likeness (QED) is 0.416. The molecule has 0 saturated carbocycles. The standard InChI is InChI=1S/C17H10N2O5/c1-23-15-5-3-2-4-13(15)10-6-11-7-12(9-18)17(20)24-16(11)14(8-10)19(21)22/h2-8H,1H3. The number of hydrogen-bond donors (Lipinski definition) is 0. The molecule has 0 radical (unpaired) electrons. The van der Waals surface area contributed by atoms with Gasteiger partial charge < -0.3 is 9.15 Å². The summed E-state index contributed by atoms with van der Waals surface area (Å²) >= 11 is 0. The van der Waals surface area contributed by atoms with E-state index in [1.165, 1.54) is 19.2 Å². The molecule has 7 nitrogen and oxygen atoms in total. The predicted octanol–water partition coefficient (Wildman–Crippen LogP) is 3.25. The van der Waals surface area contributed by atoms with Crippen molar-refractivity contribution >= 4 is 16.7 Å². The van der Waals surface area contributed by atoms with Gasteiger partial charge >= 0.3 is 11.3 Å². The number of nitro benzene ring substituents is 1. The first-order valence-electron chi connectivity index (χ1n) is 6.85. The van der Waals surface area contributed by atoms with Crippen LogP contribution in [-0.2, 0) is 0 Å². The van der Waals surface area contributed by atoms with Crippen molar-refractivity contribution in [2.24, 2.45) is 0 Å². The number of fused-ring (bicyclic) bond motifs is 1. The third-order valence-electron chi connectivity index (χ3n) is 3.55. The monoisotopic (exact) mass is 322 g/mol. The smallest absolute Gasteiger partial charge is 0.354 e. The zero-order valence-electron chi connectivity index (χ0n) is 12.5. The summed E-state index contributed by atoms with van der Waals surface area (Å²) in [5.74, 6) is 0.545. The first-order chi connectivity index (χ1) is 11.5. The van der Waals surface area contributed by atoms with E-state index >= 15 is 0 Å². The molecule has 0 spiro atoms. The van der Waals surface area contributed by atoms with Crippen LogP contribution in [0.2, 0.25) is 0 Å². The SMILES string of the molecule is COc1ccccc1-c1cc([N+](=O)[O-])c2oc(=O)c(C#N)cc2c1. The highest BCUT2D eigenvalue weighted by atomic mass is 16.6. The van der Waals surface area contributed by atoms with Crippen LogP contribution in [-0.4, -0.2) is 12.0 Å². The van der Waals surface area contributed by atoms with Crippen LogP contribution >= 0.6 is 0 Å². The molecule has 0 atom stereocenters. The molecule has 0 aliphatic heterocycles. The van der Waals surface area contributed by atoms with E-state index in [1.807, 2.05) is 0 Å². The predicted molar refractivity (Wildman–Crippen MR) is 85.8 cm³/mol. The lowest BCUT2D eigenvalue weighted by Crippen LogP contribution is -2.04. The van der Waals surface area contributed by atoms with E-state index in [1.54, 1.807) is 36.4 Å². The number of methoxy groups -OCH3 is 1. The average molecular weight is 322 g/mol. The lowest BCUT2D eigenvalue weighted by Gasteiger charge is -2.09. The molecular weight excluding hydrogens is 312 g/mol. The number of nitrogens with zero attached hydrogens (tertiary/aromatic N) is 2. The Kier molecular flexibility index (Phi) is 3.72. The minimum atomic E-state index is -0.904. The zero-order chi connectivity index (χ0) is 17.3. The van der Waals surface area contributed by atoms with E-state index < -0.39 is 10.5 Å². The molecule has 1 heterocycles. The third-order valence-corrected chi connectivity index (χ3v) is 3.55. The Morgan fingerprint density at radius 3 is 2.67 bits per heavy atom. The van der Waals surface area contributed by atoms with Gasteiger partial charge in [-0.15, -0.1) is 0 Å². The molecule has 0 aliphatic carbocycles. The van der Waals surface area contributed by atoms with Crippen molar-refractivity contribution in [1.82, 2.24) is 0 Å². The molecule has 0 saturated heterocycles. The maximum Gasteiger partial charge on any atom is 0.354 e. The Labute approximate surface area is 135 Å². The molecule has 3 aromatic rings. The minimum absolute atomic E-state index is 0.164. The largest absolute Gasteiger partial charge is 0.496 e. The Hall–Kier alpha value is -3.66. The highest BCUT2D eigenvalue weighted by Gasteiger charge is 2.20. The topological polar surface area (TPSA) is 106 Å². The fourth-order valence-electron chi connectivity index (χ4n) is 2.47. The molecule has 0 aliphatic rings. The number of non-ortho nitro benzene ring substituents is 1. The van der Waals surface area contributed by atoms with Crippen molar-refractivity contribution in [2.45, 2.75) is 0 Å². The second kappa shape index (κ2) is 5.85. The number of ether oxygens (including phenoxy) is 1. The molecule has 0 unspecified atom stereocenters. The molecule has 118 valence electrons.